The van der Waals surface area contributed by atoms with E-state index < -0.39 is 34.3 Å². The smallest absolute Gasteiger partial charge is 0.264 e. The summed E-state index contributed by atoms with van der Waals surface area (Å²) in [5, 5.41) is 2.97. The van der Waals surface area contributed by atoms with Crippen molar-refractivity contribution in [2.75, 3.05) is 17.4 Å². The average Bonchev–Trinajstić information content (AvgIpc) is 3.03. The molecule has 4 aromatic rings. The Labute approximate surface area is 272 Å². The van der Waals surface area contributed by atoms with Crippen molar-refractivity contribution in [3.63, 3.8) is 0 Å². The van der Waals surface area contributed by atoms with Gasteiger partial charge in [0.25, 0.3) is 10.0 Å². The number of carbonyl (C=O) groups is 2. The van der Waals surface area contributed by atoms with E-state index in [9.17, 15) is 22.4 Å². The quantitative estimate of drug-likeness (QED) is 0.184. The zero-order valence-corrected chi connectivity index (χ0v) is 27.9. The molecular formula is C37H42FN3O4S. The molecule has 0 aromatic heterocycles. The highest BCUT2D eigenvalue weighted by molar-refractivity contribution is 7.92. The van der Waals surface area contributed by atoms with Gasteiger partial charge in [-0.15, -0.1) is 0 Å². The van der Waals surface area contributed by atoms with Gasteiger partial charge >= 0.3 is 0 Å². The molecule has 0 saturated carbocycles. The predicted molar refractivity (Wildman–Crippen MR) is 180 cm³/mol. The Balaban J connectivity index is 1.81. The van der Waals surface area contributed by atoms with Gasteiger partial charge in [0, 0.05) is 19.5 Å². The van der Waals surface area contributed by atoms with Crippen molar-refractivity contribution in [3.05, 3.63) is 131 Å². The maximum atomic E-state index is 14.5. The minimum absolute atomic E-state index is 0.0307. The van der Waals surface area contributed by atoms with E-state index >= 15 is 0 Å². The molecule has 0 heterocycles. The molecule has 0 aliphatic rings. The summed E-state index contributed by atoms with van der Waals surface area (Å²) in [5.74, 6) is -1.18. The van der Waals surface area contributed by atoms with Crippen molar-refractivity contribution < 1.29 is 22.4 Å². The highest BCUT2D eigenvalue weighted by atomic mass is 32.2. The van der Waals surface area contributed by atoms with Crippen molar-refractivity contribution >= 4 is 27.5 Å². The molecular weight excluding hydrogens is 601 g/mol. The van der Waals surface area contributed by atoms with Gasteiger partial charge in [-0.2, -0.15) is 0 Å². The van der Waals surface area contributed by atoms with Crippen molar-refractivity contribution in [3.8, 4) is 0 Å². The van der Waals surface area contributed by atoms with Crippen LogP contribution in [-0.4, -0.2) is 44.3 Å². The van der Waals surface area contributed by atoms with Crippen LogP contribution < -0.4 is 9.62 Å². The highest BCUT2D eigenvalue weighted by Gasteiger charge is 2.34. The molecule has 0 radical (unpaired) electrons. The van der Waals surface area contributed by atoms with Crippen LogP contribution in [0.25, 0.3) is 0 Å². The van der Waals surface area contributed by atoms with Gasteiger partial charge in [-0.3, -0.25) is 13.9 Å². The molecule has 9 heteroatoms. The number of amides is 2. The molecule has 4 rings (SSSR count). The largest absolute Gasteiger partial charge is 0.354 e. The van der Waals surface area contributed by atoms with Gasteiger partial charge in [0.1, 0.15) is 18.4 Å². The van der Waals surface area contributed by atoms with E-state index in [4.69, 9.17) is 0 Å². The number of nitrogens with one attached hydrogen (secondary N) is 1. The first-order valence-electron chi connectivity index (χ1n) is 15.4. The first-order valence-corrected chi connectivity index (χ1v) is 16.8. The fourth-order valence-corrected chi connectivity index (χ4v) is 6.42. The van der Waals surface area contributed by atoms with Crippen molar-refractivity contribution in [1.82, 2.24) is 10.2 Å². The van der Waals surface area contributed by atoms with Crippen LogP contribution in [0.3, 0.4) is 0 Å². The minimum atomic E-state index is -4.20. The Kier molecular flexibility index (Phi) is 11.4. The van der Waals surface area contributed by atoms with Crippen LogP contribution in [0.15, 0.2) is 102 Å². The molecule has 0 fully saturated rings. The monoisotopic (exact) mass is 643 g/mol. The first kappa shape index (κ1) is 34.4. The normalized spacial score (nSPS) is 12.1. The molecule has 4 aromatic carbocycles. The number of benzene rings is 4. The van der Waals surface area contributed by atoms with Gasteiger partial charge in [0.2, 0.25) is 11.8 Å². The highest BCUT2D eigenvalue weighted by Crippen LogP contribution is 2.27. The van der Waals surface area contributed by atoms with Crippen molar-refractivity contribution in [2.24, 2.45) is 5.92 Å². The Morgan fingerprint density at radius 3 is 2.07 bits per heavy atom. The number of carbonyl (C=O) groups excluding carboxylic acids is 2. The SMILES string of the molecule is Cc1ccc(S(=O)(=O)N(CC(=O)N(Cc2ccc(F)cc2)[C@H](Cc2ccccc2)C(=O)NCC(C)C)c2ccc(C)c(C)c2)cc1. The number of aryl methyl sites for hydroxylation is 3. The first-order chi connectivity index (χ1) is 21.8. The minimum Gasteiger partial charge on any atom is -0.354 e. The van der Waals surface area contributed by atoms with Gasteiger partial charge in [-0.1, -0.05) is 80.1 Å². The topological polar surface area (TPSA) is 86.8 Å². The lowest BCUT2D eigenvalue weighted by molar-refractivity contribution is -0.140. The molecule has 0 aliphatic heterocycles. The summed E-state index contributed by atoms with van der Waals surface area (Å²) in [6, 6.07) is 25.8. The maximum absolute atomic E-state index is 14.5. The molecule has 7 nitrogen and oxygen atoms in total. The van der Waals surface area contributed by atoms with Crippen LogP contribution in [0.2, 0.25) is 0 Å². The van der Waals surface area contributed by atoms with Crippen LogP contribution in [0.4, 0.5) is 10.1 Å². The molecule has 242 valence electrons. The number of hydrogen-bond donors (Lipinski definition) is 1. The van der Waals surface area contributed by atoms with E-state index in [2.05, 4.69) is 5.32 Å². The Hall–Kier alpha value is -4.50. The van der Waals surface area contributed by atoms with Crippen molar-refractivity contribution in [2.45, 2.75) is 58.5 Å². The number of nitrogens with zero attached hydrogens (tertiary/aromatic N) is 2. The lowest BCUT2D eigenvalue weighted by atomic mass is 10.0. The second kappa shape index (κ2) is 15.2. The standard InChI is InChI=1S/C37H42FN3O4S/c1-26(2)23-39-37(43)35(22-30-9-7-6-8-10-30)40(24-31-14-16-32(38)17-15-31)36(42)25-41(33-18-13-28(4)29(5)21-33)46(44,45)34-19-11-27(3)12-20-34/h6-21,26,35H,22-25H2,1-5H3,(H,39,43)/t35-/m1/s1. The van der Waals surface area contributed by atoms with Gasteiger partial charge in [-0.25, -0.2) is 12.8 Å². The van der Waals surface area contributed by atoms with Crippen LogP contribution in [0.1, 0.15) is 41.7 Å². The number of halogens is 1. The molecule has 46 heavy (non-hydrogen) atoms. The van der Waals surface area contributed by atoms with Crippen LogP contribution in [-0.2, 0) is 32.6 Å². The molecule has 0 aliphatic carbocycles. The fraction of sp³-hybridized carbons (Fsp3) is 0.297. The average molecular weight is 644 g/mol. The van der Waals surface area contributed by atoms with Gasteiger partial charge in [0.05, 0.1) is 10.6 Å². The summed E-state index contributed by atoms with van der Waals surface area (Å²) in [4.78, 5) is 29.8. The number of hydrogen-bond acceptors (Lipinski definition) is 4. The third-order valence-corrected chi connectivity index (χ3v) is 9.68. The van der Waals surface area contributed by atoms with Crippen LogP contribution >= 0.6 is 0 Å². The molecule has 2 amide bonds. The van der Waals surface area contributed by atoms with Crippen LogP contribution in [0, 0.1) is 32.5 Å². The Morgan fingerprint density at radius 2 is 1.46 bits per heavy atom. The van der Waals surface area contributed by atoms with E-state index in [1.165, 1.54) is 29.2 Å². The van der Waals surface area contributed by atoms with Gasteiger partial charge < -0.3 is 10.2 Å². The lowest BCUT2D eigenvalue weighted by Gasteiger charge is -2.34. The zero-order valence-electron chi connectivity index (χ0n) is 27.0. The third-order valence-electron chi connectivity index (χ3n) is 7.89. The van der Waals surface area contributed by atoms with Gasteiger partial charge in [-0.05, 0) is 85.3 Å². The zero-order chi connectivity index (χ0) is 33.4. The van der Waals surface area contributed by atoms with E-state index in [0.717, 1.165) is 26.6 Å². The van der Waals surface area contributed by atoms with E-state index in [1.807, 2.05) is 71.0 Å². The van der Waals surface area contributed by atoms with E-state index in [-0.39, 0.29) is 29.7 Å². The van der Waals surface area contributed by atoms with E-state index in [1.54, 1.807) is 36.4 Å². The summed E-state index contributed by atoms with van der Waals surface area (Å²) in [6.07, 6.45) is 0.200. The predicted octanol–water partition coefficient (Wildman–Crippen LogP) is 6.36. The summed E-state index contributed by atoms with van der Waals surface area (Å²) >= 11 is 0. The fourth-order valence-electron chi connectivity index (χ4n) is 5.01. The van der Waals surface area contributed by atoms with Crippen molar-refractivity contribution in [1.29, 1.82) is 0 Å². The third kappa shape index (κ3) is 8.81. The molecule has 0 bridgehead atoms. The lowest BCUT2D eigenvalue weighted by Crippen LogP contribution is -2.53. The maximum Gasteiger partial charge on any atom is 0.264 e. The number of rotatable bonds is 13. The van der Waals surface area contributed by atoms with Crippen LogP contribution in [0.5, 0.6) is 0 Å². The second-order valence-corrected chi connectivity index (χ2v) is 13.9. The molecule has 1 atom stereocenters. The summed E-state index contributed by atoms with van der Waals surface area (Å²) < 4.78 is 43.4. The summed E-state index contributed by atoms with van der Waals surface area (Å²) in [6.45, 7) is 9.45. The Morgan fingerprint density at radius 1 is 0.804 bits per heavy atom. The molecule has 1 N–H and O–H groups in total. The summed E-state index contributed by atoms with van der Waals surface area (Å²) in [5.41, 5.74) is 4.51. The number of sulfonamides is 1. The number of anilines is 1. The molecule has 0 saturated heterocycles. The molecule has 0 unspecified atom stereocenters. The second-order valence-electron chi connectivity index (χ2n) is 12.1. The molecule has 0 spiro atoms. The van der Waals surface area contributed by atoms with Gasteiger partial charge in [0.15, 0.2) is 0 Å². The Bertz CT molecular complexity index is 1740. The van der Waals surface area contributed by atoms with E-state index in [0.29, 0.717) is 17.8 Å². The summed E-state index contributed by atoms with van der Waals surface area (Å²) in [7, 11) is -4.20.